The lowest BCUT2D eigenvalue weighted by atomic mass is 10.1. The fourth-order valence-electron chi connectivity index (χ4n) is 5.52. The summed E-state index contributed by atoms with van der Waals surface area (Å²) in [4.78, 5) is 2.74. The van der Waals surface area contributed by atoms with Crippen LogP contribution in [0.5, 0.6) is 0 Å². The first-order valence-corrected chi connectivity index (χ1v) is 18.0. The molecule has 7 aromatic rings. The normalized spacial score (nSPS) is 11.2. The van der Waals surface area contributed by atoms with Gasteiger partial charge in [0.2, 0.25) is 0 Å². The van der Waals surface area contributed by atoms with Gasteiger partial charge in [-0.1, -0.05) is 182 Å². The van der Waals surface area contributed by atoms with E-state index in [1.807, 2.05) is 11.3 Å². The average Bonchev–Trinajstić information content (AvgIpc) is 3.47. The molecule has 0 aliphatic heterocycles. The van der Waals surface area contributed by atoms with Crippen LogP contribution in [0.1, 0.15) is 0 Å². The Morgan fingerprint density at radius 3 is 0.767 bits per heavy atom. The smallest absolute Gasteiger partial charge is 0.0439 e. The second-order valence-corrected chi connectivity index (χ2v) is 15.5. The molecule has 1 aromatic heterocycles. The van der Waals surface area contributed by atoms with Gasteiger partial charge in [0.15, 0.2) is 0 Å². The molecule has 0 fully saturated rings. The third-order valence-corrected chi connectivity index (χ3v) is 14.2. The van der Waals surface area contributed by atoms with Crippen molar-refractivity contribution < 1.29 is 0 Å². The Kier molecular flexibility index (Phi) is 8.39. The Morgan fingerprint density at radius 2 is 0.512 bits per heavy atom. The number of benzene rings is 6. The highest BCUT2D eigenvalue weighted by Crippen LogP contribution is 2.48. The highest BCUT2D eigenvalue weighted by atomic mass is 32.1. The molecular weight excluding hydrogens is 574 g/mol. The molecule has 0 atom stereocenters. The molecule has 7 rings (SSSR count). The van der Waals surface area contributed by atoms with Crippen LogP contribution in [0.15, 0.2) is 182 Å². The van der Waals surface area contributed by atoms with Crippen LogP contribution in [0.3, 0.4) is 0 Å². The van der Waals surface area contributed by atoms with E-state index in [0.717, 1.165) is 0 Å². The molecule has 0 spiro atoms. The van der Waals surface area contributed by atoms with Crippen molar-refractivity contribution >= 4 is 59.0 Å². The van der Waals surface area contributed by atoms with E-state index in [1.54, 1.807) is 0 Å². The summed E-state index contributed by atoms with van der Waals surface area (Å²) >= 11 is 1.96. The van der Waals surface area contributed by atoms with E-state index in [9.17, 15) is 0 Å². The Bertz CT molecular complexity index is 1670. The Hall–Kier alpha value is -4.12. The minimum Gasteiger partial charge on any atom is -0.134 e. The molecule has 3 heteroatoms. The van der Waals surface area contributed by atoms with Crippen molar-refractivity contribution in [1.29, 1.82) is 0 Å². The van der Waals surface area contributed by atoms with E-state index in [1.165, 1.54) is 52.7 Å². The van der Waals surface area contributed by atoms with Crippen LogP contribution in [0, 0.1) is 0 Å². The zero-order valence-electron chi connectivity index (χ0n) is 23.6. The van der Waals surface area contributed by atoms with Crippen LogP contribution in [-0.2, 0) is 0 Å². The van der Waals surface area contributed by atoms with Gasteiger partial charge in [-0.15, -0.1) is 11.3 Å². The molecular formula is C40H30P2S. The summed E-state index contributed by atoms with van der Waals surface area (Å²) in [6.45, 7) is 0. The molecule has 6 aromatic carbocycles. The number of hydrogen-bond donors (Lipinski definition) is 0. The number of hydrogen-bond acceptors (Lipinski definition) is 1. The summed E-state index contributed by atoms with van der Waals surface area (Å²) < 4.78 is 0. The van der Waals surface area contributed by atoms with Crippen LogP contribution in [-0.4, -0.2) is 0 Å². The van der Waals surface area contributed by atoms with Crippen LogP contribution < -0.4 is 31.8 Å². The van der Waals surface area contributed by atoms with Gasteiger partial charge in [-0.25, -0.2) is 0 Å². The molecule has 0 bridgehead atoms. The standard InChI is InChI=1S/C40H30P2S/c1-7-19-31(20-8-1)39-37(41(33-23-11-3-12-24-33)34-25-13-4-14-26-34)38(40(43-39)32-21-9-2-10-22-32)42(35-27-15-5-16-28-35)36-29-17-6-18-30-36/h1-30H. The lowest BCUT2D eigenvalue weighted by Crippen LogP contribution is -2.34. The molecule has 43 heavy (non-hydrogen) atoms. The lowest BCUT2D eigenvalue weighted by molar-refractivity contribution is 1.71. The van der Waals surface area contributed by atoms with Crippen LogP contribution in [0.25, 0.3) is 20.9 Å². The zero-order valence-corrected chi connectivity index (χ0v) is 26.2. The second kappa shape index (κ2) is 13.0. The van der Waals surface area contributed by atoms with E-state index >= 15 is 0 Å². The summed E-state index contributed by atoms with van der Waals surface area (Å²) in [5, 5.41) is 8.43. The van der Waals surface area contributed by atoms with Crippen LogP contribution >= 0.6 is 27.2 Å². The monoisotopic (exact) mass is 604 g/mol. The van der Waals surface area contributed by atoms with E-state index in [0.29, 0.717) is 0 Å². The van der Waals surface area contributed by atoms with Gasteiger partial charge in [-0.2, -0.15) is 0 Å². The van der Waals surface area contributed by atoms with Crippen molar-refractivity contribution in [3.63, 3.8) is 0 Å². The van der Waals surface area contributed by atoms with Gasteiger partial charge < -0.3 is 0 Å². The summed E-state index contributed by atoms with van der Waals surface area (Å²) in [7, 11) is -1.73. The van der Waals surface area contributed by atoms with Crippen LogP contribution in [0.2, 0.25) is 0 Å². The number of thiophene rings is 1. The molecule has 0 aliphatic carbocycles. The Balaban J connectivity index is 1.65. The minimum atomic E-state index is -0.867. The molecule has 0 saturated carbocycles. The van der Waals surface area contributed by atoms with Gasteiger partial charge >= 0.3 is 0 Å². The molecule has 0 amide bonds. The van der Waals surface area contributed by atoms with Gasteiger partial charge in [0, 0.05) is 20.4 Å². The van der Waals surface area contributed by atoms with E-state index < -0.39 is 15.8 Å². The molecule has 0 nitrogen and oxygen atoms in total. The van der Waals surface area contributed by atoms with Gasteiger partial charge in [-0.05, 0) is 48.2 Å². The average molecular weight is 605 g/mol. The van der Waals surface area contributed by atoms with Crippen LogP contribution in [0.4, 0.5) is 0 Å². The highest BCUT2D eigenvalue weighted by Gasteiger charge is 2.33. The fraction of sp³-hybridized carbons (Fsp3) is 0. The molecule has 0 aliphatic rings. The molecule has 0 N–H and O–H groups in total. The minimum absolute atomic E-state index is 0.867. The summed E-state index contributed by atoms with van der Waals surface area (Å²) in [6.07, 6.45) is 0. The van der Waals surface area contributed by atoms with Crippen molar-refractivity contribution in [1.82, 2.24) is 0 Å². The van der Waals surface area contributed by atoms with E-state index in [-0.39, 0.29) is 0 Å². The van der Waals surface area contributed by atoms with Crippen molar-refractivity contribution in [3.8, 4) is 20.9 Å². The maximum Gasteiger partial charge on any atom is 0.0439 e. The topological polar surface area (TPSA) is 0 Å². The van der Waals surface area contributed by atoms with Crippen molar-refractivity contribution in [2.24, 2.45) is 0 Å². The van der Waals surface area contributed by atoms with Crippen molar-refractivity contribution in [2.45, 2.75) is 0 Å². The quantitative estimate of drug-likeness (QED) is 0.153. The molecule has 0 radical (unpaired) electrons. The second-order valence-electron chi connectivity index (χ2n) is 10.2. The predicted octanol–water partition coefficient (Wildman–Crippen LogP) is 8.60. The molecule has 206 valence electrons. The van der Waals surface area contributed by atoms with Gasteiger partial charge in [0.05, 0.1) is 0 Å². The molecule has 0 unspecified atom stereocenters. The SMILES string of the molecule is c1ccc(-c2sc(-c3ccccc3)c(P(c3ccccc3)c3ccccc3)c2P(c2ccccc2)c2ccccc2)cc1. The third-order valence-electron chi connectivity index (χ3n) is 7.44. The first-order valence-electron chi connectivity index (χ1n) is 14.5. The zero-order chi connectivity index (χ0) is 28.8. The first-order chi connectivity index (χ1) is 21.4. The maximum absolute atomic E-state index is 2.32. The first kappa shape index (κ1) is 27.7. The predicted molar refractivity (Wildman–Crippen MR) is 193 cm³/mol. The molecule has 1 heterocycles. The van der Waals surface area contributed by atoms with E-state index in [4.69, 9.17) is 0 Å². The van der Waals surface area contributed by atoms with E-state index in [2.05, 4.69) is 182 Å². The Morgan fingerprint density at radius 1 is 0.279 bits per heavy atom. The largest absolute Gasteiger partial charge is 0.134 e. The fourth-order valence-corrected chi connectivity index (χ4v) is 13.0. The maximum atomic E-state index is 2.32. The summed E-state index contributed by atoms with van der Waals surface area (Å²) in [5.41, 5.74) is 2.56. The molecule has 0 saturated heterocycles. The van der Waals surface area contributed by atoms with Crippen molar-refractivity contribution in [2.75, 3.05) is 0 Å². The van der Waals surface area contributed by atoms with Gasteiger partial charge in [-0.3, -0.25) is 0 Å². The van der Waals surface area contributed by atoms with Gasteiger partial charge in [0.1, 0.15) is 0 Å². The summed E-state index contributed by atoms with van der Waals surface area (Å²) in [6, 6.07) is 66.7. The van der Waals surface area contributed by atoms with Gasteiger partial charge in [0.25, 0.3) is 0 Å². The summed E-state index contributed by atoms with van der Waals surface area (Å²) in [5.74, 6) is 0. The highest BCUT2D eigenvalue weighted by molar-refractivity contribution is 7.86. The lowest BCUT2D eigenvalue weighted by Gasteiger charge is -2.27. The van der Waals surface area contributed by atoms with Crippen molar-refractivity contribution in [3.05, 3.63) is 182 Å². The number of rotatable bonds is 8. The Labute approximate surface area is 260 Å². The third kappa shape index (κ3) is 5.78.